The van der Waals surface area contributed by atoms with Gasteiger partial charge in [0.1, 0.15) is 5.82 Å². The molecule has 0 aromatic carbocycles. The lowest BCUT2D eigenvalue weighted by Gasteiger charge is -2.03. The zero-order valence-electron chi connectivity index (χ0n) is 11.3. The number of aliphatic imine (C=N–C) groups is 1. The van der Waals surface area contributed by atoms with Crippen molar-refractivity contribution in [2.24, 2.45) is 10.7 Å². The molecule has 0 fully saturated rings. The van der Waals surface area contributed by atoms with Crippen LogP contribution in [0.3, 0.4) is 0 Å². The minimum absolute atomic E-state index is 0.396. The van der Waals surface area contributed by atoms with Gasteiger partial charge in [0, 0.05) is 20.1 Å². The number of guanidine groups is 1. The van der Waals surface area contributed by atoms with E-state index in [-0.39, 0.29) is 0 Å². The van der Waals surface area contributed by atoms with Gasteiger partial charge in [-0.1, -0.05) is 0 Å². The molecule has 20 heavy (non-hydrogen) atoms. The van der Waals surface area contributed by atoms with Crippen molar-refractivity contribution >= 4 is 5.96 Å². The van der Waals surface area contributed by atoms with Crippen LogP contribution < -0.4 is 11.1 Å². The molecule has 0 amide bonds. The highest BCUT2D eigenvalue weighted by Crippen LogP contribution is 2.14. The monoisotopic (exact) mass is 278 g/mol. The van der Waals surface area contributed by atoms with Gasteiger partial charge in [0.25, 0.3) is 0 Å². The molecule has 0 aliphatic carbocycles. The third kappa shape index (κ3) is 4.09. The summed E-state index contributed by atoms with van der Waals surface area (Å²) in [5.74, 6) is 2.34. The molecule has 2 aromatic rings. The van der Waals surface area contributed by atoms with Crippen molar-refractivity contribution < 1.29 is 9.15 Å². The normalized spacial score (nSPS) is 11.8. The van der Waals surface area contributed by atoms with Crippen LogP contribution >= 0.6 is 0 Å². The predicted octanol–water partition coefficient (Wildman–Crippen LogP) is 0.158. The predicted molar refractivity (Wildman–Crippen MR) is 74.2 cm³/mol. The highest BCUT2D eigenvalue weighted by atomic mass is 16.5. The number of H-pyrrole nitrogens is 1. The highest BCUT2D eigenvalue weighted by molar-refractivity contribution is 5.77. The van der Waals surface area contributed by atoms with E-state index in [0.29, 0.717) is 43.7 Å². The second kappa shape index (κ2) is 7.29. The van der Waals surface area contributed by atoms with Crippen LogP contribution in [0.1, 0.15) is 5.82 Å². The fourth-order valence-corrected chi connectivity index (χ4v) is 1.55. The van der Waals surface area contributed by atoms with Crippen LogP contribution in [-0.4, -0.2) is 47.9 Å². The number of nitrogens with one attached hydrogen (secondary N) is 2. The van der Waals surface area contributed by atoms with Gasteiger partial charge in [0.15, 0.2) is 11.7 Å². The van der Waals surface area contributed by atoms with Crippen LogP contribution in [0.4, 0.5) is 0 Å². The van der Waals surface area contributed by atoms with Crippen LogP contribution in [-0.2, 0) is 11.2 Å². The minimum atomic E-state index is 0.396. The minimum Gasteiger partial charge on any atom is -0.461 e. The maximum Gasteiger partial charge on any atom is 0.216 e. The van der Waals surface area contributed by atoms with Crippen LogP contribution in [0, 0.1) is 0 Å². The molecule has 0 spiro atoms. The third-order valence-corrected chi connectivity index (χ3v) is 2.52. The van der Waals surface area contributed by atoms with Gasteiger partial charge in [-0.3, -0.25) is 10.1 Å². The van der Waals surface area contributed by atoms with Gasteiger partial charge in [0.2, 0.25) is 5.82 Å². The van der Waals surface area contributed by atoms with Crippen molar-refractivity contribution in [3.05, 3.63) is 24.2 Å². The van der Waals surface area contributed by atoms with Gasteiger partial charge >= 0.3 is 0 Å². The summed E-state index contributed by atoms with van der Waals surface area (Å²) in [6.45, 7) is 1.71. The number of nitrogens with two attached hydrogens (primary N) is 1. The van der Waals surface area contributed by atoms with Gasteiger partial charge in [-0.25, -0.2) is 4.98 Å². The van der Waals surface area contributed by atoms with Gasteiger partial charge < -0.3 is 20.2 Å². The van der Waals surface area contributed by atoms with E-state index in [4.69, 9.17) is 14.9 Å². The van der Waals surface area contributed by atoms with Crippen LogP contribution in [0.5, 0.6) is 0 Å². The van der Waals surface area contributed by atoms with E-state index in [2.05, 4.69) is 25.5 Å². The van der Waals surface area contributed by atoms with E-state index >= 15 is 0 Å². The number of aromatic nitrogens is 3. The van der Waals surface area contributed by atoms with Crippen LogP contribution in [0.2, 0.25) is 0 Å². The van der Waals surface area contributed by atoms with Crippen molar-refractivity contribution in [1.82, 2.24) is 20.5 Å². The Morgan fingerprint density at radius 3 is 3.25 bits per heavy atom. The maximum atomic E-state index is 5.68. The van der Waals surface area contributed by atoms with Gasteiger partial charge in [-0.05, 0) is 12.1 Å². The van der Waals surface area contributed by atoms with Gasteiger partial charge in [0.05, 0.1) is 19.4 Å². The Hall–Kier alpha value is -2.35. The van der Waals surface area contributed by atoms with Crippen molar-refractivity contribution in [2.75, 3.05) is 26.8 Å². The second-order valence-corrected chi connectivity index (χ2v) is 4.02. The molecule has 0 radical (unpaired) electrons. The Labute approximate surface area is 116 Å². The van der Waals surface area contributed by atoms with Crippen molar-refractivity contribution in [3.8, 4) is 11.6 Å². The fourth-order valence-electron chi connectivity index (χ4n) is 1.55. The molecule has 0 atom stereocenters. The molecule has 0 unspecified atom stereocenters. The summed E-state index contributed by atoms with van der Waals surface area (Å²) < 4.78 is 10.1. The molecular weight excluding hydrogens is 260 g/mol. The number of methoxy groups -OCH3 is 1. The average molecular weight is 278 g/mol. The number of hydrogen-bond acceptors (Lipinski definition) is 5. The lowest BCUT2D eigenvalue weighted by Crippen LogP contribution is -2.33. The van der Waals surface area contributed by atoms with E-state index in [1.54, 1.807) is 19.4 Å². The highest BCUT2D eigenvalue weighted by Gasteiger charge is 2.07. The Morgan fingerprint density at radius 2 is 2.50 bits per heavy atom. The molecule has 2 rings (SSSR count). The summed E-state index contributed by atoms with van der Waals surface area (Å²) in [5, 5.41) is 9.93. The topological polar surface area (TPSA) is 114 Å². The number of rotatable bonds is 7. The smallest absolute Gasteiger partial charge is 0.216 e. The number of aromatic amines is 1. The van der Waals surface area contributed by atoms with Crippen LogP contribution in [0.15, 0.2) is 27.8 Å². The second-order valence-electron chi connectivity index (χ2n) is 4.02. The van der Waals surface area contributed by atoms with Crippen molar-refractivity contribution in [3.63, 3.8) is 0 Å². The fraction of sp³-hybridized carbons (Fsp3) is 0.417. The van der Waals surface area contributed by atoms with Crippen LogP contribution in [0.25, 0.3) is 11.6 Å². The molecule has 2 aromatic heterocycles. The molecule has 108 valence electrons. The molecule has 0 aliphatic rings. The van der Waals surface area contributed by atoms with Gasteiger partial charge in [-0.15, -0.1) is 0 Å². The molecule has 0 bridgehead atoms. The number of nitrogens with zero attached hydrogens (tertiary/aromatic N) is 3. The molecule has 0 saturated heterocycles. The molecular formula is C12H18N6O2. The number of ether oxygens (including phenoxy) is 1. The van der Waals surface area contributed by atoms with Crippen molar-refractivity contribution in [1.29, 1.82) is 0 Å². The first kappa shape index (κ1) is 14.1. The average Bonchev–Trinajstić information content (AvgIpc) is 3.09. The Morgan fingerprint density at radius 1 is 1.60 bits per heavy atom. The van der Waals surface area contributed by atoms with E-state index < -0.39 is 0 Å². The first-order valence-corrected chi connectivity index (χ1v) is 6.27. The summed E-state index contributed by atoms with van der Waals surface area (Å²) in [7, 11) is 1.62. The van der Waals surface area contributed by atoms with E-state index in [1.165, 1.54) is 0 Å². The maximum absolute atomic E-state index is 5.68. The summed E-state index contributed by atoms with van der Waals surface area (Å²) in [6, 6.07) is 3.61. The summed E-state index contributed by atoms with van der Waals surface area (Å²) in [6.07, 6.45) is 2.25. The first-order chi connectivity index (χ1) is 9.79. The summed E-state index contributed by atoms with van der Waals surface area (Å²) in [4.78, 5) is 8.41. The first-order valence-electron chi connectivity index (χ1n) is 6.27. The lowest BCUT2D eigenvalue weighted by molar-refractivity contribution is 0.208. The van der Waals surface area contributed by atoms with Crippen molar-refractivity contribution in [2.45, 2.75) is 6.42 Å². The van der Waals surface area contributed by atoms with E-state index in [0.717, 1.165) is 5.82 Å². The lowest BCUT2D eigenvalue weighted by atomic mass is 10.4. The van der Waals surface area contributed by atoms with Gasteiger partial charge in [-0.2, -0.15) is 5.10 Å². The SMILES string of the molecule is COCCN=C(N)NCCc1nc(-c2ccco2)n[nH]1. The molecule has 0 aliphatic heterocycles. The Bertz CT molecular complexity index is 534. The zero-order chi connectivity index (χ0) is 14.2. The standard InChI is InChI=1S/C12H18N6O2/c1-19-8-6-15-12(13)14-5-4-10-16-11(18-17-10)9-3-2-7-20-9/h2-3,7H,4-6,8H2,1H3,(H3,13,14,15)(H,16,17,18). The zero-order valence-corrected chi connectivity index (χ0v) is 11.3. The quantitative estimate of drug-likeness (QED) is 0.377. The number of hydrogen-bond donors (Lipinski definition) is 3. The summed E-state index contributed by atoms with van der Waals surface area (Å²) in [5.41, 5.74) is 5.68. The molecule has 8 heteroatoms. The largest absolute Gasteiger partial charge is 0.461 e. The Kier molecular flexibility index (Phi) is 5.13. The van der Waals surface area contributed by atoms with E-state index in [9.17, 15) is 0 Å². The molecule has 8 nitrogen and oxygen atoms in total. The third-order valence-electron chi connectivity index (χ3n) is 2.52. The van der Waals surface area contributed by atoms with E-state index in [1.807, 2.05) is 6.07 Å². The Balaban J connectivity index is 1.76. The molecule has 4 N–H and O–H groups in total. The summed E-state index contributed by atoms with van der Waals surface area (Å²) >= 11 is 0. The molecule has 0 saturated carbocycles. The molecule has 2 heterocycles. The number of furan rings is 1.